The van der Waals surface area contributed by atoms with Crippen LogP contribution in [-0.4, -0.2) is 37.1 Å². The lowest BCUT2D eigenvalue weighted by Crippen LogP contribution is -2.50. The summed E-state index contributed by atoms with van der Waals surface area (Å²) >= 11 is 12.1. The number of halogens is 2. The van der Waals surface area contributed by atoms with Gasteiger partial charge in [-0.25, -0.2) is 4.79 Å². The third-order valence-corrected chi connectivity index (χ3v) is 4.98. The molecule has 1 saturated heterocycles. The van der Waals surface area contributed by atoms with E-state index in [4.69, 9.17) is 23.2 Å². The summed E-state index contributed by atoms with van der Waals surface area (Å²) in [4.78, 5) is 16.5. The lowest BCUT2D eigenvalue weighted by molar-refractivity contribution is 0.208. The summed E-state index contributed by atoms with van der Waals surface area (Å²) in [6.07, 6.45) is 0. The number of nitrogens with zero attached hydrogens (tertiary/aromatic N) is 2. The van der Waals surface area contributed by atoms with Crippen LogP contribution >= 0.6 is 23.2 Å². The zero-order valence-corrected chi connectivity index (χ0v) is 14.9. The van der Waals surface area contributed by atoms with Crippen LogP contribution in [-0.2, 0) is 0 Å². The van der Waals surface area contributed by atoms with Crippen LogP contribution in [0.25, 0.3) is 0 Å². The van der Waals surface area contributed by atoms with E-state index in [2.05, 4.69) is 41.4 Å². The van der Waals surface area contributed by atoms with E-state index in [-0.39, 0.29) is 6.03 Å². The Morgan fingerprint density at radius 3 is 2.33 bits per heavy atom. The first-order valence-electron chi connectivity index (χ1n) is 7.86. The first kappa shape index (κ1) is 16.9. The monoisotopic (exact) mass is 363 g/mol. The molecule has 4 nitrogen and oxygen atoms in total. The second kappa shape index (κ2) is 7.32. The number of hydrogen-bond acceptors (Lipinski definition) is 2. The number of piperazine rings is 1. The number of carbonyl (C=O) groups is 1. The Balaban J connectivity index is 1.59. The van der Waals surface area contributed by atoms with Gasteiger partial charge in [0.25, 0.3) is 0 Å². The zero-order valence-electron chi connectivity index (χ0n) is 13.4. The van der Waals surface area contributed by atoms with Gasteiger partial charge in [-0.05, 0) is 31.2 Å². The van der Waals surface area contributed by atoms with Gasteiger partial charge in [0, 0.05) is 31.9 Å². The number of carbonyl (C=O) groups excluding carboxylic acids is 1. The van der Waals surface area contributed by atoms with Crippen LogP contribution in [0.4, 0.5) is 16.2 Å². The van der Waals surface area contributed by atoms with Gasteiger partial charge in [0.05, 0.1) is 15.7 Å². The third-order valence-electron chi connectivity index (χ3n) is 4.16. The minimum atomic E-state index is -0.150. The topological polar surface area (TPSA) is 35.6 Å². The van der Waals surface area contributed by atoms with Crippen molar-refractivity contribution in [1.82, 2.24) is 4.90 Å². The quantitative estimate of drug-likeness (QED) is 0.842. The third kappa shape index (κ3) is 3.77. The van der Waals surface area contributed by atoms with Crippen molar-refractivity contribution >= 4 is 40.6 Å². The van der Waals surface area contributed by atoms with Crippen molar-refractivity contribution in [2.75, 3.05) is 36.4 Å². The summed E-state index contributed by atoms with van der Waals surface area (Å²) in [6, 6.07) is 13.5. The molecular formula is C18H19Cl2N3O. The van der Waals surface area contributed by atoms with Crippen LogP contribution in [0.15, 0.2) is 42.5 Å². The van der Waals surface area contributed by atoms with Crippen LogP contribution in [0.3, 0.4) is 0 Å². The number of aryl methyl sites for hydroxylation is 1. The van der Waals surface area contributed by atoms with Gasteiger partial charge in [-0.2, -0.15) is 0 Å². The van der Waals surface area contributed by atoms with Crippen molar-refractivity contribution in [3.8, 4) is 0 Å². The van der Waals surface area contributed by atoms with Gasteiger partial charge < -0.3 is 15.1 Å². The van der Waals surface area contributed by atoms with Gasteiger partial charge in [-0.15, -0.1) is 0 Å². The lowest BCUT2D eigenvalue weighted by Gasteiger charge is -2.36. The van der Waals surface area contributed by atoms with Gasteiger partial charge in [-0.3, -0.25) is 0 Å². The zero-order chi connectivity index (χ0) is 17.1. The predicted molar refractivity (Wildman–Crippen MR) is 100 cm³/mol. The van der Waals surface area contributed by atoms with Crippen molar-refractivity contribution in [3.63, 3.8) is 0 Å². The minimum Gasteiger partial charge on any atom is -0.368 e. The van der Waals surface area contributed by atoms with E-state index in [1.807, 2.05) is 0 Å². The van der Waals surface area contributed by atoms with Gasteiger partial charge in [-0.1, -0.05) is 47.0 Å². The number of amides is 2. The highest BCUT2D eigenvalue weighted by atomic mass is 35.5. The highest BCUT2D eigenvalue weighted by Crippen LogP contribution is 2.29. The average Bonchev–Trinajstić information content (AvgIpc) is 2.60. The van der Waals surface area contributed by atoms with E-state index in [1.54, 1.807) is 23.1 Å². The van der Waals surface area contributed by atoms with Crippen LogP contribution in [0.1, 0.15) is 5.56 Å². The molecule has 2 aromatic carbocycles. The summed E-state index contributed by atoms with van der Waals surface area (Å²) in [5.74, 6) is 0. The fourth-order valence-electron chi connectivity index (χ4n) is 2.72. The maximum atomic E-state index is 12.4. The van der Waals surface area contributed by atoms with E-state index in [0.717, 1.165) is 13.1 Å². The Hall–Kier alpha value is -1.91. The van der Waals surface area contributed by atoms with E-state index < -0.39 is 0 Å². The number of urea groups is 1. The number of rotatable bonds is 2. The molecule has 126 valence electrons. The molecular weight excluding hydrogens is 345 g/mol. The molecule has 1 aliphatic rings. The molecule has 0 spiro atoms. The van der Waals surface area contributed by atoms with Gasteiger partial charge >= 0.3 is 6.03 Å². The molecule has 6 heteroatoms. The highest BCUT2D eigenvalue weighted by molar-refractivity contribution is 6.43. The van der Waals surface area contributed by atoms with Gasteiger partial charge in [0.2, 0.25) is 0 Å². The summed E-state index contributed by atoms with van der Waals surface area (Å²) in [5.41, 5.74) is 2.98. The fourth-order valence-corrected chi connectivity index (χ4v) is 3.07. The molecule has 0 saturated carbocycles. The van der Waals surface area contributed by atoms with Crippen LogP contribution in [0.5, 0.6) is 0 Å². The second-order valence-corrected chi connectivity index (χ2v) is 6.63. The fraction of sp³-hybridized carbons (Fsp3) is 0.278. The molecule has 0 atom stereocenters. The Labute approximate surface area is 152 Å². The Morgan fingerprint density at radius 2 is 1.67 bits per heavy atom. The Bertz CT molecular complexity index is 726. The summed E-state index contributed by atoms with van der Waals surface area (Å²) < 4.78 is 0. The standard InChI is InChI=1S/C18H19Cl2N3O/c1-13-5-7-14(8-6-13)22-9-11-23(12-10-22)18(24)21-16-4-2-3-15(19)17(16)20/h2-8H,9-12H2,1H3,(H,21,24). The maximum Gasteiger partial charge on any atom is 0.322 e. The Morgan fingerprint density at radius 1 is 1.00 bits per heavy atom. The molecule has 0 aliphatic carbocycles. The summed E-state index contributed by atoms with van der Waals surface area (Å²) in [5, 5.41) is 3.63. The summed E-state index contributed by atoms with van der Waals surface area (Å²) in [7, 11) is 0. The van der Waals surface area contributed by atoms with E-state index in [9.17, 15) is 4.79 Å². The van der Waals surface area contributed by atoms with Crippen LogP contribution in [0, 0.1) is 6.92 Å². The minimum absolute atomic E-state index is 0.150. The van der Waals surface area contributed by atoms with E-state index >= 15 is 0 Å². The van der Waals surface area contributed by atoms with Crippen molar-refractivity contribution in [3.05, 3.63) is 58.1 Å². The van der Waals surface area contributed by atoms with Crippen molar-refractivity contribution in [1.29, 1.82) is 0 Å². The number of hydrogen-bond donors (Lipinski definition) is 1. The first-order valence-corrected chi connectivity index (χ1v) is 8.62. The first-order chi connectivity index (χ1) is 11.5. The van der Waals surface area contributed by atoms with Gasteiger partial charge in [0.1, 0.15) is 0 Å². The average molecular weight is 364 g/mol. The molecule has 1 N–H and O–H groups in total. The number of benzene rings is 2. The molecule has 0 bridgehead atoms. The van der Waals surface area contributed by atoms with Crippen LogP contribution in [0.2, 0.25) is 10.0 Å². The Kier molecular flexibility index (Phi) is 5.17. The molecule has 2 aromatic rings. The lowest BCUT2D eigenvalue weighted by atomic mass is 10.2. The highest BCUT2D eigenvalue weighted by Gasteiger charge is 2.22. The molecule has 0 radical (unpaired) electrons. The molecule has 1 heterocycles. The second-order valence-electron chi connectivity index (χ2n) is 5.84. The molecule has 0 unspecified atom stereocenters. The van der Waals surface area contributed by atoms with E-state index in [0.29, 0.717) is 28.8 Å². The molecule has 3 rings (SSSR count). The van der Waals surface area contributed by atoms with Gasteiger partial charge in [0.15, 0.2) is 0 Å². The molecule has 2 amide bonds. The smallest absolute Gasteiger partial charge is 0.322 e. The van der Waals surface area contributed by atoms with Crippen molar-refractivity contribution < 1.29 is 4.79 Å². The number of anilines is 2. The molecule has 0 aromatic heterocycles. The van der Waals surface area contributed by atoms with Crippen molar-refractivity contribution in [2.45, 2.75) is 6.92 Å². The number of nitrogens with one attached hydrogen (secondary N) is 1. The maximum absolute atomic E-state index is 12.4. The SMILES string of the molecule is Cc1ccc(N2CCN(C(=O)Nc3cccc(Cl)c3Cl)CC2)cc1. The largest absolute Gasteiger partial charge is 0.368 e. The molecule has 24 heavy (non-hydrogen) atoms. The van der Waals surface area contributed by atoms with E-state index in [1.165, 1.54) is 11.3 Å². The normalized spacial score (nSPS) is 14.6. The van der Waals surface area contributed by atoms with Crippen molar-refractivity contribution in [2.24, 2.45) is 0 Å². The molecule has 1 fully saturated rings. The summed E-state index contributed by atoms with van der Waals surface area (Å²) in [6.45, 7) is 5.02. The van der Waals surface area contributed by atoms with Crippen LogP contribution < -0.4 is 10.2 Å². The molecule has 1 aliphatic heterocycles. The predicted octanol–water partition coefficient (Wildman–Crippen LogP) is 4.66.